The molecule has 1 aromatic carbocycles. The lowest BCUT2D eigenvalue weighted by Gasteiger charge is -2.25. The quantitative estimate of drug-likeness (QED) is 0.769. The molecule has 2 amide bonds. The van der Waals surface area contributed by atoms with Gasteiger partial charge in [0.15, 0.2) is 11.5 Å². The van der Waals surface area contributed by atoms with Crippen LogP contribution >= 0.6 is 11.3 Å². The van der Waals surface area contributed by atoms with Crippen molar-refractivity contribution in [1.82, 2.24) is 4.90 Å². The van der Waals surface area contributed by atoms with Crippen molar-refractivity contribution in [3.05, 3.63) is 39.8 Å². The van der Waals surface area contributed by atoms with Gasteiger partial charge in [-0.05, 0) is 29.7 Å². The highest BCUT2D eigenvalue weighted by Crippen LogP contribution is 2.38. The van der Waals surface area contributed by atoms with Gasteiger partial charge in [-0.3, -0.25) is 9.59 Å². The molecular formula is C20H20N2O6S. The van der Waals surface area contributed by atoms with Crippen LogP contribution in [0.1, 0.15) is 33.3 Å². The second-order valence-electron chi connectivity index (χ2n) is 6.80. The van der Waals surface area contributed by atoms with Gasteiger partial charge in [-0.2, -0.15) is 0 Å². The van der Waals surface area contributed by atoms with Crippen molar-refractivity contribution < 1.29 is 28.6 Å². The van der Waals surface area contributed by atoms with E-state index < -0.39 is 5.97 Å². The Morgan fingerprint density at radius 2 is 2.03 bits per heavy atom. The van der Waals surface area contributed by atoms with Crippen molar-refractivity contribution in [1.29, 1.82) is 0 Å². The molecule has 1 aromatic heterocycles. The summed E-state index contributed by atoms with van der Waals surface area (Å²) < 4.78 is 15.6. The van der Waals surface area contributed by atoms with Gasteiger partial charge in [0.25, 0.3) is 0 Å². The lowest BCUT2D eigenvalue weighted by molar-refractivity contribution is -0.129. The number of fused-ring (bicyclic) bond motifs is 2. The number of methoxy groups -OCH3 is 1. The van der Waals surface area contributed by atoms with E-state index in [1.165, 1.54) is 25.4 Å². The Kier molecular flexibility index (Phi) is 5.14. The van der Waals surface area contributed by atoms with Crippen LogP contribution < -0.4 is 14.8 Å². The molecule has 0 saturated heterocycles. The van der Waals surface area contributed by atoms with E-state index in [4.69, 9.17) is 14.2 Å². The van der Waals surface area contributed by atoms with Gasteiger partial charge in [0, 0.05) is 18.3 Å². The fraction of sp³-hybridized carbons (Fsp3) is 0.350. The fourth-order valence-electron chi connectivity index (χ4n) is 3.49. The molecule has 9 heteroatoms. The van der Waals surface area contributed by atoms with Gasteiger partial charge in [0.2, 0.25) is 18.6 Å². The van der Waals surface area contributed by atoms with Gasteiger partial charge in [-0.1, -0.05) is 6.07 Å². The van der Waals surface area contributed by atoms with E-state index >= 15 is 0 Å². The summed E-state index contributed by atoms with van der Waals surface area (Å²) in [6, 6.07) is 5.34. The summed E-state index contributed by atoms with van der Waals surface area (Å²) in [5, 5.41) is 3.30. The summed E-state index contributed by atoms with van der Waals surface area (Å²) in [7, 11) is 1.31. The van der Waals surface area contributed by atoms with E-state index in [1.807, 2.05) is 0 Å². The highest BCUT2D eigenvalue weighted by atomic mass is 32.1. The van der Waals surface area contributed by atoms with Crippen LogP contribution in [-0.2, 0) is 33.7 Å². The Hall–Kier alpha value is -3.07. The number of carbonyl (C=O) groups is 3. The molecule has 152 valence electrons. The number of ether oxygens (including phenoxy) is 3. The molecule has 0 bridgehead atoms. The molecule has 4 rings (SSSR count). The van der Waals surface area contributed by atoms with Gasteiger partial charge >= 0.3 is 5.97 Å². The van der Waals surface area contributed by atoms with Gasteiger partial charge in [0.1, 0.15) is 5.00 Å². The number of carbonyl (C=O) groups excluding carboxylic acids is 3. The van der Waals surface area contributed by atoms with Crippen molar-refractivity contribution in [2.45, 2.75) is 26.3 Å². The molecular weight excluding hydrogens is 396 g/mol. The van der Waals surface area contributed by atoms with E-state index in [-0.39, 0.29) is 25.0 Å². The van der Waals surface area contributed by atoms with E-state index in [9.17, 15) is 14.4 Å². The predicted molar refractivity (Wildman–Crippen MR) is 105 cm³/mol. The average molecular weight is 416 g/mol. The number of nitrogens with one attached hydrogen (secondary N) is 1. The first kappa shape index (κ1) is 19.3. The van der Waals surface area contributed by atoms with E-state index in [2.05, 4.69) is 5.32 Å². The Labute approximate surface area is 171 Å². The minimum atomic E-state index is -0.489. The third kappa shape index (κ3) is 3.77. The zero-order valence-corrected chi connectivity index (χ0v) is 16.9. The highest BCUT2D eigenvalue weighted by Gasteiger charge is 2.30. The number of hydrogen-bond donors (Lipinski definition) is 1. The van der Waals surface area contributed by atoms with Crippen molar-refractivity contribution >= 4 is 34.1 Å². The van der Waals surface area contributed by atoms with Crippen LogP contribution in [0.3, 0.4) is 0 Å². The molecule has 0 saturated carbocycles. The topological polar surface area (TPSA) is 94.2 Å². The van der Waals surface area contributed by atoms with Crippen LogP contribution in [0.4, 0.5) is 5.00 Å². The van der Waals surface area contributed by atoms with Crippen LogP contribution in [0, 0.1) is 0 Å². The minimum absolute atomic E-state index is 0.0166. The van der Waals surface area contributed by atoms with Crippen molar-refractivity contribution in [2.75, 3.05) is 25.8 Å². The molecule has 0 atom stereocenters. The summed E-state index contributed by atoms with van der Waals surface area (Å²) in [4.78, 5) is 39.3. The van der Waals surface area contributed by atoms with Gasteiger partial charge in [-0.25, -0.2) is 4.79 Å². The first-order chi connectivity index (χ1) is 14.0. The standard InChI is InChI=1S/C20H20N2O6S/c1-11(23)22-6-5-13-16(9-22)29-19(18(13)20(25)26-2)21-17(24)8-12-3-4-14-15(7-12)28-10-27-14/h3-4,7H,5-6,8-10H2,1-2H3,(H,21,24). The lowest BCUT2D eigenvalue weighted by atomic mass is 10.0. The Bertz CT molecular complexity index is 999. The van der Waals surface area contributed by atoms with Crippen LogP contribution in [0.15, 0.2) is 18.2 Å². The maximum absolute atomic E-state index is 12.6. The highest BCUT2D eigenvalue weighted by molar-refractivity contribution is 7.17. The first-order valence-corrected chi connectivity index (χ1v) is 9.94. The maximum Gasteiger partial charge on any atom is 0.341 e. The monoisotopic (exact) mass is 416 g/mol. The summed E-state index contributed by atoms with van der Waals surface area (Å²) in [6.45, 7) is 2.66. The normalized spacial score (nSPS) is 14.3. The number of anilines is 1. The van der Waals surface area contributed by atoms with E-state index in [0.717, 1.165) is 16.0 Å². The number of benzene rings is 1. The molecule has 8 nitrogen and oxygen atoms in total. The van der Waals surface area contributed by atoms with Crippen molar-refractivity contribution in [3.63, 3.8) is 0 Å². The smallest absolute Gasteiger partial charge is 0.341 e. The summed E-state index contributed by atoms with van der Waals surface area (Å²) in [6.07, 6.45) is 0.674. The minimum Gasteiger partial charge on any atom is -0.465 e. The van der Waals surface area contributed by atoms with Crippen molar-refractivity contribution in [2.24, 2.45) is 0 Å². The number of amides is 2. The maximum atomic E-state index is 12.6. The number of rotatable bonds is 4. The van der Waals surface area contributed by atoms with E-state index in [0.29, 0.717) is 41.6 Å². The average Bonchev–Trinajstić information content (AvgIpc) is 3.30. The molecule has 0 aliphatic carbocycles. The zero-order chi connectivity index (χ0) is 20.5. The third-order valence-electron chi connectivity index (χ3n) is 4.95. The first-order valence-electron chi connectivity index (χ1n) is 9.13. The fourth-order valence-corrected chi connectivity index (χ4v) is 4.75. The van der Waals surface area contributed by atoms with Crippen molar-refractivity contribution in [3.8, 4) is 11.5 Å². The second-order valence-corrected chi connectivity index (χ2v) is 7.91. The lowest BCUT2D eigenvalue weighted by Crippen LogP contribution is -2.33. The van der Waals surface area contributed by atoms with Gasteiger partial charge in [0.05, 0.1) is 25.6 Å². The summed E-state index contributed by atoms with van der Waals surface area (Å²) in [5.74, 6) is 0.509. The SMILES string of the molecule is COC(=O)c1c(NC(=O)Cc2ccc3c(c2)OCO3)sc2c1CCN(C(C)=O)C2. The molecule has 0 spiro atoms. The van der Waals surface area contributed by atoms with Gasteiger partial charge < -0.3 is 24.4 Å². The molecule has 2 aliphatic heterocycles. The number of esters is 1. The molecule has 29 heavy (non-hydrogen) atoms. The van der Waals surface area contributed by atoms with Crippen LogP contribution in [0.25, 0.3) is 0 Å². The molecule has 2 aromatic rings. The Morgan fingerprint density at radius 1 is 1.24 bits per heavy atom. The number of hydrogen-bond acceptors (Lipinski definition) is 7. The molecule has 0 radical (unpaired) electrons. The molecule has 0 fully saturated rings. The second kappa shape index (κ2) is 7.75. The molecule has 2 aliphatic rings. The Morgan fingerprint density at radius 3 is 2.79 bits per heavy atom. The number of thiophene rings is 1. The molecule has 1 N–H and O–H groups in total. The predicted octanol–water partition coefficient (Wildman–Crippen LogP) is 2.35. The zero-order valence-electron chi connectivity index (χ0n) is 16.1. The van der Waals surface area contributed by atoms with Gasteiger partial charge in [-0.15, -0.1) is 11.3 Å². The largest absolute Gasteiger partial charge is 0.465 e. The van der Waals surface area contributed by atoms with Crippen LogP contribution in [-0.4, -0.2) is 43.1 Å². The molecule has 0 unspecified atom stereocenters. The third-order valence-corrected chi connectivity index (χ3v) is 6.08. The van der Waals surface area contributed by atoms with Crippen LogP contribution in [0.2, 0.25) is 0 Å². The summed E-state index contributed by atoms with van der Waals surface area (Å²) >= 11 is 1.31. The van der Waals surface area contributed by atoms with Crippen LogP contribution in [0.5, 0.6) is 11.5 Å². The summed E-state index contributed by atoms with van der Waals surface area (Å²) in [5.41, 5.74) is 2.00. The molecule has 3 heterocycles. The Balaban J connectivity index is 1.55. The number of nitrogens with zero attached hydrogens (tertiary/aromatic N) is 1. The van der Waals surface area contributed by atoms with E-state index in [1.54, 1.807) is 23.1 Å².